The summed E-state index contributed by atoms with van der Waals surface area (Å²) in [6, 6.07) is 10.0. The third kappa shape index (κ3) is 4.42. The molecule has 0 saturated carbocycles. The molecule has 7 heteroatoms. The quantitative estimate of drug-likeness (QED) is 0.857. The normalized spacial score (nSPS) is 14.5. The van der Waals surface area contributed by atoms with Gasteiger partial charge in [0.15, 0.2) is 0 Å². The molecule has 0 spiro atoms. The van der Waals surface area contributed by atoms with Crippen molar-refractivity contribution in [1.82, 2.24) is 9.88 Å². The number of nitrogens with zero attached hydrogens (tertiary/aromatic N) is 2. The highest BCUT2D eigenvalue weighted by Gasteiger charge is 2.23. The number of nitrogens with one attached hydrogen (secondary N) is 1. The standard InChI is InChI=1S/C21H25N3O4/c1-14-9-11-24(12-10-14)21(26)18-6-4-5-17(22-18)20(25)23-16-8-7-15(27-2)13-19(16)28-3/h4-8,13-14H,9-12H2,1-3H3,(H,23,25). The molecule has 7 nitrogen and oxygen atoms in total. The summed E-state index contributed by atoms with van der Waals surface area (Å²) in [5, 5.41) is 2.77. The average Bonchev–Trinajstić information content (AvgIpc) is 2.74. The molecule has 0 atom stereocenters. The minimum Gasteiger partial charge on any atom is -0.497 e. The Labute approximate surface area is 164 Å². The molecule has 1 N–H and O–H groups in total. The minimum atomic E-state index is -0.412. The Bertz CT molecular complexity index is 860. The van der Waals surface area contributed by atoms with E-state index in [0.717, 1.165) is 25.9 Å². The van der Waals surface area contributed by atoms with Crippen molar-refractivity contribution in [3.05, 3.63) is 47.8 Å². The number of hydrogen-bond donors (Lipinski definition) is 1. The molecule has 0 aliphatic carbocycles. The van der Waals surface area contributed by atoms with E-state index >= 15 is 0 Å². The third-order valence-electron chi connectivity index (χ3n) is 4.93. The second-order valence-electron chi connectivity index (χ2n) is 6.90. The van der Waals surface area contributed by atoms with Gasteiger partial charge in [-0.1, -0.05) is 13.0 Å². The second-order valence-corrected chi connectivity index (χ2v) is 6.90. The SMILES string of the molecule is COc1ccc(NC(=O)c2cccc(C(=O)N3CCC(C)CC3)n2)c(OC)c1. The molecule has 1 aromatic carbocycles. The summed E-state index contributed by atoms with van der Waals surface area (Å²) < 4.78 is 10.5. The lowest BCUT2D eigenvalue weighted by Gasteiger charge is -2.30. The van der Waals surface area contributed by atoms with Crippen molar-refractivity contribution in [2.75, 3.05) is 32.6 Å². The minimum absolute atomic E-state index is 0.136. The number of hydrogen-bond acceptors (Lipinski definition) is 5. The van der Waals surface area contributed by atoms with Crippen molar-refractivity contribution in [2.24, 2.45) is 5.92 Å². The molecule has 1 aliphatic rings. The lowest BCUT2D eigenvalue weighted by atomic mass is 9.99. The number of anilines is 1. The molecule has 28 heavy (non-hydrogen) atoms. The molecule has 2 heterocycles. The Hall–Kier alpha value is -3.09. The topological polar surface area (TPSA) is 80.8 Å². The van der Waals surface area contributed by atoms with E-state index < -0.39 is 5.91 Å². The second kappa shape index (κ2) is 8.73. The number of methoxy groups -OCH3 is 2. The third-order valence-corrected chi connectivity index (χ3v) is 4.93. The number of ether oxygens (including phenoxy) is 2. The number of benzene rings is 1. The number of carbonyl (C=O) groups is 2. The van der Waals surface area contributed by atoms with E-state index in [4.69, 9.17) is 9.47 Å². The Morgan fingerprint density at radius 2 is 1.79 bits per heavy atom. The Morgan fingerprint density at radius 3 is 2.46 bits per heavy atom. The molecule has 1 aromatic heterocycles. The Balaban J connectivity index is 1.75. The van der Waals surface area contributed by atoms with Gasteiger partial charge in [-0.15, -0.1) is 0 Å². The molecule has 0 bridgehead atoms. The van der Waals surface area contributed by atoms with E-state index in [1.54, 1.807) is 48.4 Å². The fourth-order valence-electron chi connectivity index (χ4n) is 3.14. The average molecular weight is 383 g/mol. The first kappa shape index (κ1) is 19.7. The van der Waals surface area contributed by atoms with Gasteiger partial charge < -0.3 is 19.7 Å². The van der Waals surface area contributed by atoms with Gasteiger partial charge >= 0.3 is 0 Å². The Kier molecular flexibility index (Phi) is 6.13. The van der Waals surface area contributed by atoms with E-state index in [1.807, 2.05) is 0 Å². The fraction of sp³-hybridized carbons (Fsp3) is 0.381. The largest absolute Gasteiger partial charge is 0.497 e. The smallest absolute Gasteiger partial charge is 0.274 e. The molecule has 1 saturated heterocycles. The van der Waals surface area contributed by atoms with E-state index in [0.29, 0.717) is 23.1 Å². The highest BCUT2D eigenvalue weighted by Crippen LogP contribution is 2.29. The lowest BCUT2D eigenvalue weighted by Crippen LogP contribution is -2.38. The first-order valence-corrected chi connectivity index (χ1v) is 9.31. The van der Waals surface area contributed by atoms with Crippen LogP contribution < -0.4 is 14.8 Å². The number of carbonyl (C=O) groups excluding carboxylic acids is 2. The summed E-state index contributed by atoms with van der Waals surface area (Å²) >= 11 is 0. The van der Waals surface area contributed by atoms with Gasteiger partial charge in [-0.2, -0.15) is 0 Å². The van der Waals surface area contributed by atoms with E-state index in [-0.39, 0.29) is 17.3 Å². The van der Waals surface area contributed by atoms with Gasteiger partial charge in [-0.05, 0) is 43.0 Å². The van der Waals surface area contributed by atoms with Crippen LogP contribution in [0.1, 0.15) is 40.7 Å². The summed E-state index contributed by atoms with van der Waals surface area (Å²) in [5.74, 6) is 1.18. The van der Waals surface area contributed by atoms with Crippen LogP contribution in [0.25, 0.3) is 0 Å². The predicted octanol–water partition coefficient (Wildman–Crippen LogP) is 3.22. The molecular formula is C21H25N3O4. The number of piperidine rings is 1. The van der Waals surface area contributed by atoms with Crippen LogP contribution in [0.3, 0.4) is 0 Å². The van der Waals surface area contributed by atoms with Crippen LogP contribution in [-0.2, 0) is 0 Å². The van der Waals surface area contributed by atoms with Gasteiger partial charge in [0.05, 0.1) is 19.9 Å². The van der Waals surface area contributed by atoms with Crippen LogP contribution in [0.15, 0.2) is 36.4 Å². The fourth-order valence-corrected chi connectivity index (χ4v) is 3.14. The van der Waals surface area contributed by atoms with E-state index in [2.05, 4.69) is 17.2 Å². The molecule has 1 aliphatic heterocycles. The summed E-state index contributed by atoms with van der Waals surface area (Å²) in [7, 11) is 3.07. The van der Waals surface area contributed by atoms with Gasteiger partial charge in [0.2, 0.25) is 0 Å². The summed E-state index contributed by atoms with van der Waals surface area (Å²) in [6.45, 7) is 3.64. The van der Waals surface area contributed by atoms with Crippen LogP contribution in [0, 0.1) is 5.92 Å². The highest BCUT2D eigenvalue weighted by atomic mass is 16.5. The zero-order chi connectivity index (χ0) is 20.1. The molecular weight excluding hydrogens is 358 g/mol. The summed E-state index contributed by atoms with van der Waals surface area (Å²) in [4.78, 5) is 31.4. The number of amides is 2. The van der Waals surface area contributed by atoms with E-state index in [1.165, 1.54) is 7.11 Å². The van der Waals surface area contributed by atoms with Crippen LogP contribution in [0.5, 0.6) is 11.5 Å². The van der Waals surface area contributed by atoms with Gasteiger partial charge in [0.1, 0.15) is 22.9 Å². The van der Waals surface area contributed by atoms with Crippen molar-refractivity contribution < 1.29 is 19.1 Å². The first-order valence-electron chi connectivity index (χ1n) is 9.31. The van der Waals surface area contributed by atoms with Crippen molar-refractivity contribution in [2.45, 2.75) is 19.8 Å². The summed E-state index contributed by atoms with van der Waals surface area (Å²) in [5.41, 5.74) is 0.954. The number of pyridine rings is 1. The first-order chi connectivity index (χ1) is 13.5. The van der Waals surface area contributed by atoms with Crippen molar-refractivity contribution in [3.63, 3.8) is 0 Å². The molecule has 2 aromatic rings. The molecule has 1 fully saturated rings. The van der Waals surface area contributed by atoms with Gasteiger partial charge in [0.25, 0.3) is 11.8 Å². The van der Waals surface area contributed by atoms with Crippen molar-refractivity contribution in [3.8, 4) is 11.5 Å². The zero-order valence-electron chi connectivity index (χ0n) is 16.4. The maximum absolute atomic E-state index is 12.7. The van der Waals surface area contributed by atoms with Gasteiger partial charge in [-0.25, -0.2) is 4.98 Å². The zero-order valence-corrected chi connectivity index (χ0v) is 16.4. The molecule has 2 amide bonds. The van der Waals surface area contributed by atoms with Crippen LogP contribution in [0.2, 0.25) is 0 Å². The van der Waals surface area contributed by atoms with Crippen LogP contribution in [0.4, 0.5) is 5.69 Å². The van der Waals surface area contributed by atoms with E-state index in [9.17, 15) is 9.59 Å². The molecule has 0 radical (unpaired) electrons. The maximum Gasteiger partial charge on any atom is 0.274 e. The van der Waals surface area contributed by atoms with Crippen molar-refractivity contribution in [1.29, 1.82) is 0 Å². The monoisotopic (exact) mass is 383 g/mol. The number of rotatable bonds is 5. The van der Waals surface area contributed by atoms with Crippen LogP contribution >= 0.6 is 0 Å². The number of likely N-dealkylation sites (tertiary alicyclic amines) is 1. The molecule has 3 rings (SSSR count). The molecule has 0 unspecified atom stereocenters. The van der Waals surface area contributed by atoms with Gasteiger partial charge in [-0.3, -0.25) is 9.59 Å². The predicted molar refractivity (Wildman–Crippen MR) is 106 cm³/mol. The summed E-state index contributed by atoms with van der Waals surface area (Å²) in [6.07, 6.45) is 1.98. The lowest BCUT2D eigenvalue weighted by molar-refractivity contribution is 0.0691. The number of aromatic nitrogens is 1. The maximum atomic E-state index is 12.7. The highest BCUT2D eigenvalue weighted by molar-refractivity contribution is 6.04. The molecule has 148 valence electrons. The van der Waals surface area contributed by atoms with Crippen molar-refractivity contribution >= 4 is 17.5 Å². The van der Waals surface area contributed by atoms with Crippen LogP contribution in [-0.4, -0.2) is 49.0 Å². The van der Waals surface area contributed by atoms with Gasteiger partial charge in [0, 0.05) is 19.2 Å². The Morgan fingerprint density at radius 1 is 1.07 bits per heavy atom.